The molecule has 0 spiro atoms. The maximum atomic E-state index is 11.8. The molecule has 0 saturated carbocycles. The van der Waals surface area contributed by atoms with Crippen LogP contribution in [0.15, 0.2) is 18.2 Å². The van der Waals surface area contributed by atoms with Crippen LogP contribution in [-0.4, -0.2) is 27.6 Å². The molecule has 2 fully saturated rings. The zero-order chi connectivity index (χ0) is 14.3. The van der Waals surface area contributed by atoms with Crippen molar-refractivity contribution in [1.82, 2.24) is 4.90 Å². The number of aliphatic carboxylic acids is 1. The Bertz CT molecular complexity index is 548. The van der Waals surface area contributed by atoms with Crippen LogP contribution in [0.4, 0.5) is 0 Å². The van der Waals surface area contributed by atoms with Gasteiger partial charge in [0.25, 0.3) is 0 Å². The van der Waals surface area contributed by atoms with Crippen molar-refractivity contribution in [2.45, 2.75) is 50.2 Å². The number of hydrogen-bond acceptors (Lipinski definition) is 2. The van der Waals surface area contributed by atoms with Gasteiger partial charge in [0, 0.05) is 12.6 Å². The van der Waals surface area contributed by atoms with Gasteiger partial charge in [-0.15, -0.1) is 12.4 Å². The molecule has 0 radical (unpaired) electrons. The van der Waals surface area contributed by atoms with E-state index < -0.39 is 11.5 Å². The number of halogens is 3. The number of fused-ring (bicyclic) bond motifs is 2. The van der Waals surface area contributed by atoms with Gasteiger partial charge in [0.15, 0.2) is 0 Å². The molecule has 2 bridgehead atoms. The molecule has 1 aromatic rings. The third-order valence-electron chi connectivity index (χ3n) is 4.74. The van der Waals surface area contributed by atoms with E-state index >= 15 is 0 Å². The van der Waals surface area contributed by atoms with Crippen LogP contribution in [0.5, 0.6) is 0 Å². The summed E-state index contributed by atoms with van der Waals surface area (Å²) in [5.41, 5.74) is 0.355. The van der Waals surface area contributed by atoms with Gasteiger partial charge in [-0.05, 0) is 49.8 Å². The molecule has 2 aliphatic heterocycles. The minimum atomic E-state index is -0.681. The normalized spacial score (nSPS) is 28.2. The highest BCUT2D eigenvalue weighted by Crippen LogP contribution is 2.45. The average Bonchev–Trinajstić information content (AvgIpc) is 2.61. The lowest BCUT2D eigenvalue weighted by atomic mass is 9.88. The number of carboxylic acids is 1. The lowest BCUT2D eigenvalue weighted by molar-refractivity contribution is -0.153. The van der Waals surface area contributed by atoms with E-state index in [0.717, 1.165) is 37.7 Å². The molecule has 2 saturated heterocycles. The molecule has 3 nitrogen and oxygen atoms in total. The number of piperidine rings is 1. The first kappa shape index (κ1) is 16.9. The quantitative estimate of drug-likeness (QED) is 0.879. The third kappa shape index (κ3) is 2.89. The Morgan fingerprint density at radius 1 is 1.29 bits per heavy atom. The summed E-state index contributed by atoms with van der Waals surface area (Å²) in [5, 5.41) is 10.7. The van der Waals surface area contributed by atoms with Gasteiger partial charge in [0.05, 0.1) is 10.0 Å². The molecule has 2 unspecified atom stereocenters. The van der Waals surface area contributed by atoms with E-state index in [2.05, 4.69) is 4.90 Å². The maximum Gasteiger partial charge on any atom is 0.324 e. The number of hydrogen-bond donors (Lipinski definition) is 1. The molecule has 1 aromatic carbocycles. The number of benzene rings is 1. The van der Waals surface area contributed by atoms with Crippen molar-refractivity contribution in [2.24, 2.45) is 0 Å². The lowest BCUT2D eigenvalue weighted by Gasteiger charge is -2.42. The van der Waals surface area contributed by atoms with Crippen molar-refractivity contribution < 1.29 is 9.90 Å². The van der Waals surface area contributed by atoms with Gasteiger partial charge < -0.3 is 5.11 Å². The second-order valence-corrected chi connectivity index (χ2v) is 6.61. The van der Waals surface area contributed by atoms with Crippen molar-refractivity contribution in [3.63, 3.8) is 0 Å². The number of nitrogens with zero attached hydrogens (tertiary/aromatic N) is 1. The lowest BCUT2D eigenvalue weighted by Crippen LogP contribution is -2.54. The molecule has 1 N–H and O–H groups in total. The molecule has 2 aliphatic rings. The highest BCUT2D eigenvalue weighted by atomic mass is 35.5. The third-order valence-corrected chi connectivity index (χ3v) is 5.48. The summed E-state index contributed by atoms with van der Waals surface area (Å²) in [5.74, 6) is -0.681. The van der Waals surface area contributed by atoms with Crippen molar-refractivity contribution in [3.8, 4) is 0 Å². The van der Waals surface area contributed by atoms with Crippen molar-refractivity contribution in [2.75, 3.05) is 0 Å². The minimum absolute atomic E-state index is 0. The Kier molecular flexibility index (Phi) is 5.09. The Morgan fingerprint density at radius 3 is 2.71 bits per heavy atom. The van der Waals surface area contributed by atoms with E-state index in [0.29, 0.717) is 22.6 Å². The van der Waals surface area contributed by atoms with Gasteiger partial charge in [0.2, 0.25) is 0 Å². The summed E-state index contributed by atoms with van der Waals surface area (Å²) in [6.07, 6.45) is 4.59. The van der Waals surface area contributed by atoms with E-state index in [1.165, 1.54) is 0 Å². The number of carbonyl (C=O) groups is 1. The second-order valence-electron chi connectivity index (χ2n) is 5.80. The van der Waals surface area contributed by atoms with Gasteiger partial charge in [-0.2, -0.15) is 0 Å². The topological polar surface area (TPSA) is 40.5 Å². The monoisotopic (exact) mass is 349 g/mol. The zero-order valence-electron chi connectivity index (χ0n) is 11.5. The molecule has 2 atom stereocenters. The predicted molar refractivity (Wildman–Crippen MR) is 86.5 cm³/mol. The van der Waals surface area contributed by atoms with Crippen LogP contribution in [0, 0.1) is 0 Å². The van der Waals surface area contributed by atoms with Crippen LogP contribution in [0.25, 0.3) is 0 Å². The van der Waals surface area contributed by atoms with E-state index in [4.69, 9.17) is 23.2 Å². The summed E-state index contributed by atoms with van der Waals surface area (Å²) in [4.78, 5) is 13.9. The standard InChI is InChI=1S/C15H17Cl2NO2.ClH/c16-12-4-3-10(8-13(12)17)9-18-11-2-1-6-15(18,7-5-11)14(19)20;/h3-4,8,11H,1-2,5-7,9H2,(H,19,20);1H. The smallest absolute Gasteiger partial charge is 0.324 e. The SMILES string of the molecule is Cl.O=C(O)C12CCCC(CC1)N2Cc1ccc(Cl)c(Cl)c1. The van der Waals surface area contributed by atoms with Crippen molar-refractivity contribution in [3.05, 3.63) is 33.8 Å². The first-order valence-corrected chi connectivity index (χ1v) is 7.72. The van der Waals surface area contributed by atoms with E-state index in [1.54, 1.807) is 6.07 Å². The molecule has 6 heteroatoms. The summed E-state index contributed by atoms with van der Waals surface area (Å²) < 4.78 is 0. The highest BCUT2D eigenvalue weighted by molar-refractivity contribution is 6.42. The van der Waals surface area contributed by atoms with Gasteiger partial charge in [-0.3, -0.25) is 9.69 Å². The largest absolute Gasteiger partial charge is 0.480 e. The van der Waals surface area contributed by atoms with Gasteiger partial charge >= 0.3 is 5.97 Å². The maximum absolute atomic E-state index is 11.8. The Labute approximate surface area is 140 Å². The minimum Gasteiger partial charge on any atom is -0.480 e. The molecule has 21 heavy (non-hydrogen) atoms. The molecular weight excluding hydrogens is 333 g/mol. The summed E-state index contributed by atoms with van der Waals surface area (Å²) >= 11 is 12.0. The van der Waals surface area contributed by atoms with Gasteiger partial charge in [-0.1, -0.05) is 29.3 Å². The first-order valence-electron chi connectivity index (χ1n) is 6.97. The van der Waals surface area contributed by atoms with Crippen LogP contribution < -0.4 is 0 Å². The summed E-state index contributed by atoms with van der Waals surface area (Å²) in [7, 11) is 0. The fourth-order valence-electron chi connectivity index (χ4n) is 3.71. The van der Waals surface area contributed by atoms with Crippen LogP contribution in [0.2, 0.25) is 10.0 Å². The average molecular weight is 351 g/mol. The van der Waals surface area contributed by atoms with Crippen LogP contribution in [0.1, 0.15) is 37.7 Å². The molecule has 2 heterocycles. The van der Waals surface area contributed by atoms with Crippen molar-refractivity contribution in [1.29, 1.82) is 0 Å². The predicted octanol–water partition coefficient (Wildman–Crippen LogP) is 4.39. The molecule has 3 rings (SSSR count). The Hall–Kier alpha value is -0.480. The van der Waals surface area contributed by atoms with Crippen LogP contribution in [-0.2, 0) is 11.3 Å². The summed E-state index contributed by atoms with van der Waals surface area (Å²) in [6, 6.07) is 5.93. The Morgan fingerprint density at radius 2 is 2.05 bits per heavy atom. The molecule has 0 aromatic heterocycles. The van der Waals surface area contributed by atoms with E-state index in [-0.39, 0.29) is 12.4 Å². The molecule has 0 amide bonds. The van der Waals surface area contributed by atoms with E-state index in [9.17, 15) is 9.90 Å². The molecular formula is C15H18Cl3NO2. The fourth-order valence-corrected chi connectivity index (χ4v) is 4.03. The fraction of sp³-hybridized carbons (Fsp3) is 0.533. The molecule has 116 valence electrons. The molecule has 0 aliphatic carbocycles. The first-order chi connectivity index (χ1) is 9.53. The number of carboxylic acid groups (broad SMARTS) is 1. The van der Waals surface area contributed by atoms with E-state index in [1.807, 2.05) is 12.1 Å². The highest BCUT2D eigenvalue weighted by Gasteiger charge is 2.53. The summed E-state index contributed by atoms with van der Waals surface area (Å²) in [6.45, 7) is 0.633. The number of rotatable bonds is 3. The van der Waals surface area contributed by atoms with Crippen molar-refractivity contribution >= 4 is 41.6 Å². The Balaban J connectivity index is 0.00000161. The zero-order valence-corrected chi connectivity index (χ0v) is 13.8. The second kappa shape index (κ2) is 6.33. The van der Waals surface area contributed by atoms with Crippen LogP contribution >= 0.6 is 35.6 Å². The van der Waals surface area contributed by atoms with Crippen LogP contribution in [0.3, 0.4) is 0 Å². The van der Waals surface area contributed by atoms with Gasteiger partial charge in [0.1, 0.15) is 5.54 Å². The van der Waals surface area contributed by atoms with Gasteiger partial charge in [-0.25, -0.2) is 0 Å².